The highest BCUT2D eigenvalue weighted by Crippen LogP contribution is 2.24. The van der Waals surface area contributed by atoms with E-state index in [1.807, 2.05) is 37.3 Å². The first-order valence-electron chi connectivity index (χ1n) is 13.1. The van der Waals surface area contributed by atoms with Gasteiger partial charge in [-0.25, -0.2) is 24.3 Å². The number of aryl methyl sites for hydroxylation is 2. The van der Waals surface area contributed by atoms with E-state index in [9.17, 15) is 9.59 Å². The number of aromatic amines is 1. The SMILES string of the molecule is CCCCc1nc(C)n(C2=NCC(OC)C=N2)c(=O)c1CC1C=CC(c2ccccc2-c2noc(=O)[nH]2)=NC1. The topological polar surface area (TPSA) is 140 Å². The highest BCUT2D eigenvalue weighted by atomic mass is 16.5. The van der Waals surface area contributed by atoms with Crippen molar-refractivity contribution in [3.05, 3.63) is 80.0 Å². The summed E-state index contributed by atoms with van der Waals surface area (Å²) < 4.78 is 11.5. The Morgan fingerprint density at radius 2 is 1.97 bits per heavy atom. The predicted molar refractivity (Wildman–Crippen MR) is 149 cm³/mol. The summed E-state index contributed by atoms with van der Waals surface area (Å²) in [6.07, 6.45) is 8.70. The van der Waals surface area contributed by atoms with Crippen LogP contribution in [0.25, 0.3) is 11.4 Å². The summed E-state index contributed by atoms with van der Waals surface area (Å²) in [7, 11) is 1.61. The maximum Gasteiger partial charge on any atom is 0.439 e. The summed E-state index contributed by atoms with van der Waals surface area (Å²) in [6.45, 7) is 4.85. The van der Waals surface area contributed by atoms with E-state index < -0.39 is 5.76 Å². The molecule has 0 amide bonds. The lowest BCUT2D eigenvalue weighted by Crippen LogP contribution is -2.36. The number of aliphatic imine (C=N–C) groups is 3. The van der Waals surface area contributed by atoms with Crippen molar-refractivity contribution >= 4 is 17.9 Å². The van der Waals surface area contributed by atoms with Crippen molar-refractivity contribution < 1.29 is 9.26 Å². The molecule has 1 N–H and O–H groups in total. The van der Waals surface area contributed by atoms with Crippen LogP contribution in [0.15, 0.2) is 65.5 Å². The Bertz CT molecular complexity index is 1590. The third-order valence-corrected chi connectivity index (χ3v) is 6.86. The number of nitrogens with zero attached hydrogens (tertiary/aromatic N) is 6. The van der Waals surface area contributed by atoms with Gasteiger partial charge in [0, 0.05) is 42.5 Å². The zero-order valence-electron chi connectivity index (χ0n) is 22.3. The van der Waals surface area contributed by atoms with Crippen LogP contribution in [0.4, 0.5) is 0 Å². The molecule has 11 heteroatoms. The van der Waals surface area contributed by atoms with Crippen LogP contribution in [0.5, 0.6) is 0 Å². The first-order valence-corrected chi connectivity index (χ1v) is 13.1. The Labute approximate surface area is 225 Å². The van der Waals surface area contributed by atoms with Crippen molar-refractivity contribution in [3.63, 3.8) is 0 Å². The van der Waals surface area contributed by atoms with E-state index in [0.29, 0.717) is 42.7 Å². The fraction of sp³-hybridized carbons (Fsp3) is 0.393. The lowest BCUT2D eigenvalue weighted by molar-refractivity contribution is 0.165. The van der Waals surface area contributed by atoms with E-state index in [2.05, 4.69) is 37.6 Å². The number of nitrogens with one attached hydrogen (secondary N) is 1. The van der Waals surface area contributed by atoms with Crippen LogP contribution in [0.1, 0.15) is 42.4 Å². The number of H-pyrrole nitrogens is 1. The largest absolute Gasteiger partial charge is 0.439 e. The van der Waals surface area contributed by atoms with Gasteiger partial charge in [0.2, 0.25) is 5.96 Å². The van der Waals surface area contributed by atoms with Gasteiger partial charge in [0.25, 0.3) is 5.56 Å². The first kappa shape index (κ1) is 26.4. The smallest absolute Gasteiger partial charge is 0.374 e. The van der Waals surface area contributed by atoms with Crippen LogP contribution < -0.4 is 11.3 Å². The first-order chi connectivity index (χ1) is 19.0. The molecule has 2 aliphatic heterocycles. The molecule has 2 unspecified atom stereocenters. The van der Waals surface area contributed by atoms with E-state index in [-0.39, 0.29) is 17.6 Å². The Balaban J connectivity index is 1.42. The molecule has 2 aliphatic rings. The lowest BCUT2D eigenvalue weighted by Gasteiger charge is -2.20. The summed E-state index contributed by atoms with van der Waals surface area (Å²) in [4.78, 5) is 46.4. The molecular weight excluding hydrogens is 498 g/mol. The molecule has 0 saturated heterocycles. The van der Waals surface area contributed by atoms with Gasteiger partial charge in [0.05, 0.1) is 18.0 Å². The molecule has 0 spiro atoms. The second-order valence-electron chi connectivity index (χ2n) is 9.56. The zero-order valence-corrected chi connectivity index (χ0v) is 22.3. The summed E-state index contributed by atoms with van der Waals surface area (Å²) in [6, 6.07) is 7.56. The van der Waals surface area contributed by atoms with E-state index in [0.717, 1.165) is 41.8 Å². The van der Waals surface area contributed by atoms with Gasteiger partial charge < -0.3 is 4.74 Å². The molecule has 202 valence electrons. The van der Waals surface area contributed by atoms with E-state index in [1.54, 1.807) is 13.3 Å². The molecular formula is C28H31N7O4. The standard InChI is InChI=1S/C28H31N7O4/c1-4-5-10-24-22(26(36)35(17(2)32-24)27-30-15-19(38-3)16-31-27)13-18-11-12-23(29-14-18)20-8-6-7-9-21(20)25-33-28(37)39-34-25/h6-9,11-12,15,18-19H,4-5,10,13-14,16H2,1-3H3,(H,33,34,37). The van der Waals surface area contributed by atoms with Crippen LogP contribution in [0.2, 0.25) is 0 Å². The Hall–Kier alpha value is -4.25. The van der Waals surface area contributed by atoms with Crippen LogP contribution in [0, 0.1) is 12.8 Å². The number of rotatable bonds is 8. The van der Waals surface area contributed by atoms with E-state index in [4.69, 9.17) is 14.7 Å². The maximum atomic E-state index is 13.8. The molecule has 11 nitrogen and oxygen atoms in total. The van der Waals surface area contributed by atoms with Crippen LogP contribution >= 0.6 is 0 Å². The minimum atomic E-state index is -0.611. The summed E-state index contributed by atoms with van der Waals surface area (Å²) in [5.41, 5.74) is 3.70. The van der Waals surface area contributed by atoms with Gasteiger partial charge in [-0.05, 0) is 32.3 Å². The fourth-order valence-electron chi connectivity index (χ4n) is 4.77. The number of aromatic nitrogens is 4. The number of hydrogen-bond donors (Lipinski definition) is 1. The molecule has 5 rings (SSSR count). The third-order valence-electron chi connectivity index (χ3n) is 6.86. The second-order valence-corrected chi connectivity index (χ2v) is 9.56. The highest BCUT2D eigenvalue weighted by molar-refractivity contribution is 6.12. The number of benzene rings is 1. The number of hydrogen-bond acceptors (Lipinski definition) is 9. The number of ether oxygens (including phenoxy) is 1. The minimum Gasteiger partial charge on any atom is -0.374 e. The van der Waals surface area contributed by atoms with Gasteiger partial charge in [-0.3, -0.25) is 19.3 Å². The molecule has 1 aromatic carbocycles. The van der Waals surface area contributed by atoms with Gasteiger partial charge in [0.1, 0.15) is 11.9 Å². The van der Waals surface area contributed by atoms with Crippen LogP contribution in [0.3, 0.4) is 0 Å². The average Bonchev–Trinajstić information content (AvgIpc) is 3.40. The van der Waals surface area contributed by atoms with Gasteiger partial charge >= 0.3 is 5.76 Å². The Morgan fingerprint density at radius 1 is 1.15 bits per heavy atom. The predicted octanol–water partition coefficient (Wildman–Crippen LogP) is 2.76. The van der Waals surface area contributed by atoms with Gasteiger partial charge in [0.15, 0.2) is 5.82 Å². The number of methoxy groups -OCH3 is 1. The summed E-state index contributed by atoms with van der Waals surface area (Å²) in [5, 5.41) is 3.83. The zero-order chi connectivity index (χ0) is 27.4. The maximum absolute atomic E-state index is 13.8. The minimum absolute atomic E-state index is 0.0217. The molecule has 3 aromatic rings. The molecule has 2 aromatic heterocycles. The molecule has 0 bridgehead atoms. The fourth-order valence-corrected chi connectivity index (χ4v) is 4.77. The third kappa shape index (κ3) is 5.63. The van der Waals surface area contributed by atoms with Crippen LogP contribution in [-0.4, -0.2) is 63.9 Å². The number of dihydropyridines is 1. The summed E-state index contributed by atoms with van der Waals surface area (Å²) in [5.74, 6) is 0.673. The molecule has 0 aliphatic carbocycles. The number of unbranched alkanes of at least 4 members (excludes halogenated alkanes) is 1. The molecule has 0 fully saturated rings. The Morgan fingerprint density at radius 3 is 2.62 bits per heavy atom. The van der Waals surface area contributed by atoms with E-state index in [1.165, 1.54) is 4.57 Å². The lowest BCUT2D eigenvalue weighted by atomic mass is 9.93. The molecule has 4 heterocycles. The molecule has 2 atom stereocenters. The van der Waals surface area contributed by atoms with Crippen molar-refractivity contribution in [2.75, 3.05) is 20.2 Å². The normalized spacial score (nSPS) is 18.7. The quantitative estimate of drug-likeness (QED) is 0.476. The van der Waals surface area contributed by atoms with Crippen molar-refractivity contribution in [2.45, 2.75) is 45.6 Å². The molecule has 39 heavy (non-hydrogen) atoms. The molecule has 0 radical (unpaired) electrons. The van der Waals surface area contributed by atoms with Gasteiger partial charge in [-0.1, -0.05) is 48.8 Å². The monoisotopic (exact) mass is 529 g/mol. The van der Waals surface area contributed by atoms with E-state index >= 15 is 0 Å². The number of allylic oxidation sites excluding steroid dienone is 1. The highest BCUT2D eigenvalue weighted by Gasteiger charge is 2.23. The summed E-state index contributed by atoms with van der Waals surface area (Å²) >= 11 is 0. The van der Waals surface area contributed by atoms with Crippen molar-refractivity contribution in [2.24, 2.45) is 20.9 Å². The van der Waals surface area contributed by atoms with Crippen molar-refractivity contribution in [1.29, 1.82) is 0 Å². The molecule has 0 saturated carbocycles. The second kappa shape index (κ2) is 11.6. The van der Waals surface area contributed by atoms with Crippen molar-refractivity contribution in [1.82, 2.24) is 19.7 Å². The average molecular weight is 530 g/mol. The van der Waals surface area contributed by atoms with Gasteiger partial charge in [-0.15, -0.1) is 0 Å². The Kier molecular flexibility index (Phi) is 7.87. The van der Waals surface area contributed by atoms with Crippen molar-refractivity contribution in [3.8, 4) is 11.4 Å². The van der Waals surface area contributed by atoms with Gasteiger partial charge in [-0.2, -0.15) is 0 Å². The van der Waals surface area contributed by atoms with Crippen LogP contribution in [-0.2, 0) is 17.6 Å².